The highest BCUT2D eigenvalue weighted by Crippen LogP contribution is 2.48. The number of anilines is 2. The number of nitrogens with zero attached hydrogens (tertiary/aromatic N) is 3. The lowest BCUT2D eigenvalue weighted by atomic mass is 9.71. The minimum absolute atomic E-state index is 0.131. The van der Waals surface area contributed by atoms with Gasteiger partial charge >= 0.3 is 5.97 Å². The number of carboxylic acid groups (broad SMARTS) is 1. The van der Waals surface area contributed by atoms with E-state index in [0.29, 0.717) is 17.9 Å². The molecule has 3 unspecified atom stereocenters. The molecule has 2 aliphatic rings. The van der Waals surface area contributed by atoms with Crippen LogP contribution in [0.25, 0.3) is 0 Å². The second kappa shape index (κ2) is 28.6. The predicted molar refractivity (Wildman–Crippen MR) is 303 cm³/mol. The van der Waals surface area contributed by atoms with Gasteiger partial charge in [0.2, 0.25) is 5.91 Å². The molecule has 1 aliphatic heterocycles. The molecule has 0 spiro atoms. The maximum atomic E-state index is 12.4. The lowest BCUT2D eigenvalue weighted by Crippen LogP contribution is -2.43. The van der Waals surface area contributed by atoms with Crippen molar-refractivity contribution in [2.45, 2.75) is 92.4 Å². The topological polar surface area (TPSA) is 137 Å². The van der Waals surface area contributed by atoms with Gasteiger partial charge < -0.3 is 35.4 Å². The van der Waals surface area contributed by atoms with Gasteiger partial charge in [-0.25, -0.2) is 0 Å². The summed E-state index contributed by atoms with van der Waals surface area (Å²) in [4.78, 5) is 31.3. The number of hydrogen-bond acceptors (Lipinski definition) is 9. The number of primary amides is 1. The third-order valence-electron chi connectivity index (χ3n) is 13.3. The van der Waals surface area contributed by atoms with Crippen molar-refractivity contribution < 1.29 is 28.7 Å². The van der Waals surface area contributed by atoms with Crippen molar-refractivity contribution in [2.75, 3.05) is 59.0 Å². The van der Waals surface area contributed by atoms with Crippen LogP contribution in [0.2, 0.25) is 0 Å². The number of carbonyl (C=O) groups is 2. The second-order valence-electron chi connectivity index (χ2n) is 19.9. The van der Waals surface area contributed by atoms with E-state index >= 15 is 0 Å². The van der Waals surface area contributed by atoms with Gasteiger partial charge in [0.15, 0.2) is 0 Å². The largest absolute Gasteiger partial charge is 0.497 e. The molecule has 1 aliphatic carbocycles. The Kier molecular flexibility index (Phi) is 22.8. The number of methoxy groups -OCH3 is 1. The summed E-state index contributed by atoms with van der Waals surface area (Å²) >= 11 is 1.87. The molecule has 6 aromatic rings. The molecular formula is C61H78N4O6S2. The zero-order valence-corrected chi connectivity index (χ0v) is 46.0. The molecular weight excluding hydrogens is 949 g/mol. The van der Waals surface area contributed by atoms with E-state index in [9.17, 15) is 18.9 Å². The molecule has 8 rings (SSSR count). The van der Waals surface area contributed by atoms with Crippen LogP contribution in [0.1, 0.15) is 92.4 Å². The molecule has 390 valence electrons. The van der Waals surface area contributed by atoms with Crippen LogP contribution in [0.4, 0.5) is 11.4 Å². The fourth-order valence-electron chi connectivity index (χ4n) is 9.12. The lowest BCUT2D eigenvalue weighted by Gasteiger charge is -2.41. The fourth-order valence-corrected chi connectivity index (χ4v) is 11.6. The van der Waals surface area contributed by atoms with E-state index < -0.39 is 34.2 Å². The number of carboxylic acids is 1. The van der Waals surface area contributed by atoms with Crippen LogP contribution in [0.3, 0.4) is 0 Å². The zero-order chi connectivity index (χ0) is 53.1. The van der Waals surface area contributed by atoms with Crippen molar-refractivity contribution in [2.24, 2.45) is 17.6 Å². The highest BCUT2D eigenvalue weighted by atomic mass is 32.2. The number of ether oxygens (including phenoxy) is 1. The number of para-hydroxylation sites is 2. The summed E-state index contributed by atoms with van der Waals surface area (Å²) in [5.74, 6) is -0.120. The van der Waals surface area contributed by atoms with Gasteiger partial charge in [0.05, 0.1) is 35.3 Å². The Morgan fingerprint density at radius 3 is 1.79 bits per heavy atom. The minimum Gasteiger partial charge on any atom is -0.497 e. The first-order chi connectivity index (χ1) is 34.9. The van der Waals surface area contributed by atoms with E-state index in [1.54, 1.807) is 14.0 Å². The number of carbonyl (C=O) groups excluding carboxylic acids is 1. The van der Waals surface area contributed by atoms with Gasteiger partial charge in [-0.1, -0.05) is 160 Å². The standard InChI is InChI=1S/C17H20N2S.C16H25NO2.C15H15NO2S.C13H18O2/c1-13(18(2)3)12-19-14-8-4-6-10-16(14)20-17-11-7-5-9-15(17)19;1-17(2)12-14-7-4-5-10-16(14,18)13-8-6-9-15(11-13)19-3;16-14(17)11-19(18)15(12-7-3-1-4-8-12)13-9-5-2-6-10-13;1-9(2)8-11-4-6-12(7-5-11)10(3)13(14)15/h4-11,13H,12H2,1-3H3;6,8-9,11,14,18H,4-5,7,10,12H2,1-3H3;1-10,15H,11H2,(H2,16,17);4-7,9-10H,8H2,1-3H3,(H,14,15)/t;14-,16+;;/m.1../s1. The number of nitrogens with two attached hydrogens (primary N) is 1. The highest BCUT2D eigenvalue weighted by molar-refractivity contribution is 7.99. The molecule has 1 heterocycles. The number of amides is 1. The first kappa shape index (κ1) is 58.1. The Balaban J connectivity index is 0.000000182. The van der Waals surface area contributed by atoms with Crippen molar-refractivity contribution in [1.29, 1.82) is 0 Å². The van der Waals surface area contributed by atoms with E-state index in [4.69, 9.17) is 15.6 Å². The molecule has 4 N–H and O–H groups in total. The van der Waals surface area contributed by atoms with Gasteiger partial charge in [-0.2, -0.15) is 0 Å². The second-order valence-corrected chi connectivity index (χ2v) is 22.5. The Bertz CT molecular complexity index is 2560. The van der Waals surface area contributed by atoms with Crippen LogP contribution < -0.4 is 15.4 Å². The predicted octanol–water partition coefficient (Wildman–Crippen LogP) is 12.0. The SMILES string of the molecule is CC(C)Cc1ccc(C(C)C(=O)O)cc1.CC(CN1c2ccccc2Sc2ccccc21)N(C)C.COc1cccc([C@@]2(O)CCCC[C@@H]2CN(C)C)c1.NC(=O)CS(=O)C(c1ccccc1)c1ccccc1. The molecule has 12 heteroatoms. The zero-order valence-electron chi connectivity index (χ0n) is 44.3. The summed E-state index contributed by atoms with van der Waals surface area (Å²) in [5.41, 5.74) is 12.1. The Labute approximate surface area is 442 Å². The average molecular weight is 1030 g/mol. The summed E-state index contributed by atoms with van der Waals surface area (Å²) < 4.78 is 17.7. The molecule has 0 bridgehead atoms. The van der Waals surface area contributed by atoms with Crippen molar-refractivity contribution in [1.82, 2.24) is 9.80 Å². The van der Waals surface area contributed by atoms with E-state index in [2.05, 4.69) is 112 Å². The van der Waals surface area contributed by atoms with Gasteiger partial charge in [0.25, 0.3) is 0 Å². The molecule has 0 saturated heterocycles. The summed E-state index contributed by atoms with van der Waals surface area (Å²) in [6, 6.07) is 52.7. The molecule has 73 heavy (non-hydrogen) atoms. The molecule has 10 nitrogen and oxygen atoms in total. The van der Waals surface area contributed by atoms with E-state index in [1.807, 2.05) is 121 Å². The smallest absolute Gasteiger partial charge is 0.310 e. The molecule has 0 radical (unpaired) electrons. The van der Waals surface area contributed by atoms with Crippen molar-refractivity contribution in [3.8, 4) is 5.75 Å². The van der Waals surface area contributed by atoms with E-state index in [0.717, 1.165) is 66.8 Å². The van der Waals surface area contributed by atoms with E-state index in [1.165, 1.54) is 33.2 Å². The molecule has 6 aromatic carbocycles. The van der Waals surface area contributed by atoms with E-state index in [-0.39, 0.29) is 11.0 Å². The number of hydrogen-bond donors (Lipinski definition) is 3. The first-order valence-electron chi connectivity index (χ1n) is 25.3. The average Bonchev–Trinajstić information content (AvgIpc) is 3.37. The van der Waals surface area contributed by atoms with Crippen LogP contribution in [-0.2, 0) is 32.4 Å². The number of likely N-dealkylation sites (N-methyl/N-ethyl adjacent to an activating group) is 1. The highest BCUT2D eigenvalue weighted by Gasteiger charge is 2.40. The normalized spacial score (nSPS) is 17.1. The van der Waals surface area contributed by atoms with Crippen LogP contribution in [0.5, 0.6) is 5.75 Å². The van der Waals surface area contributed by atoms with Crippen LogP contribution in [-0.4, -0.2) is 96.3 Å². The van der Waals surface area contributed by atoms with Gasteiger partial charge in [-0.15, -0.1) is 0 Å². The van der Waals surface area contributed by atoms with Gasteiger partial charge in [-0.05, 0) is 131 Å². The Hall–Kier alpha value is -5.76. The maximum absolute atomic E-state index is 12.4. The van der Waals surface area contributed by atoms with Gasteiger partial charge in [0.1, 0.15) is 11.5 Å². The number of fused-ring (bicyclic) bond motifs is 2. The van der Waals surface area contributed by atoms with Gasteiger partial charge in [-0.3, -0.25) is 13.8 Å². The summed E-state index contributed by atoms with van der Waals surface area (Å²) in [6.07, 6.45) is 5.29. The number of rotatable bonds is 16. The minimum atomic E-state index is -1.36. The van der Waals surface area contributed by atoms with Crippen molar-refractivity contribution in [3.63, 3.8) is 0 Å². The third kappa shape index (κ3) is 17.2. The maximum Gasteiger partial charge on any atom is 0.310 e. The third-order valence-corrected chi connectivity index (χ3v) is 16.1. The first-order valence-corrected chi connectivity index (χ1v) is 27.5. The van der Waals surface area contributed by atoms with Crippen molar-refractivity contribution >= 4 is 45.8 Å². The van der Waals surface area contributed by atoms with Crippen LogP contribution in [0.15, 0.2) is 168 Å². The Morgan fingerprint density at radius 2 is 1.30 bits per heavy atom. The van der Waals surface area contributed by atoms with Gasteiger partial charge in [0, 0.05) is 45.6 Å². The Morgan fingerprint density at radius 1 is 0.753 bits per heavy atom. The quantitative estimate of drug-likeness (QED) is 0.0859. The fraction of sp³-hybridized carbons (Fsp3) is 0.377. The molecule has 1 saturated carbocycles. The summed E-state index contributed by atoms with van der Waals surface area (Å²) in [5, 5.41) is 19.7. The molecule has 5 atom stereocenters. The molecule has 1 fully saturated rings. The molecule has 1 amide bonds. The number of aliphatic hydroxyl groups is 1. The van der Waals surface area contributed by atoms with Crippen LogP contribution in [0, 0.1) is 11.8 Å². The summed E-state index contributed by atoms with van der Waals surface area (Å²) in [6.45, 7) is 10.3. The summed E-state index contributed by atoms with van der Waals surface area (Å²) in [7, 11) is 8.72. The van der Waals surface area contributed by atoms with Crippen molar-refractivity contribution in [3.05, 3.63) is 186 Å². The van der Waals surface area contributed by atoms with Crippen LogP contribution >= 0.6 is 11.8 Å². The monoisotopic (exact) mass is 1030 g/mol. The number of aliphatic carboxylic acids is 1. The number of benzene rings is 6. The lowest BCUT2D eigenvalue weighted by molar-refractivity contribution is -0.138. The molecule has 0 aromatic heterocycles.